The molecular weight excluding hydrogens is 414 g/mol. The van der Waals surface area contributed by atoms with Crippen LogP contribution in [0.1, 0.15) is 50.7 Å². The van der Waals surface area contributed by atoms with Crippen LogP contribution < -0.4 is 14.8 Å². The van der Waals surface area contributed by atoms with E-state index in [-0.39, 0.29) is 6.03 Å². The molecule has 1 heterocycles. The van der Waals surface area contributed by atoms with Crippen molar-refractivity contribution >= 4 is 11.7 Å². The predicted molar refractivity (Wildman–Crippen MR) is 134 cm³/mol. The Morgan fingerprint density at radius 3 is 2.45 bits per heavy atom. The maximum atomic E-state index is 13.2. The van der Waals surface area contributed by atoms with Gasteiger partial charge in [0.1, 0.15) is 0 Å². The lowest BCUT2D eigenvalue weighted by Crippen LogP contribution is -2.40. The highest BCUT2D eigenvalue weighted by molar-refractivity contribution is 5.89. The van der Waals surface area contributed by atoms with Gasteiger partial charge in [-0.05, 0) is 74.5 Å². The second-order valence-electron chi connectivity index (χ2n) is 8.83. The van der Waals surface area contributed by atoms with Gasteiger partial charge in [0, 0.05) is 31.4 Å². The number of carbonyl (C=O) groups excluding carboxylic acids is 1. The minimum Gasteiger partial charge on any atom is -0.493 e. The molecule has 6 heteroatoms. The van der Waals surface area contributed by atoms with E-state index in [9.17, 15) is 4.79 Å². The number of likely N-dealkylation sites (tertiary alicyclic amines) is 1. The number of amides is 2. The van der Waals surface area contributed by atoms with E-state index in [2.05, 4.69) is 36.2 Å². The van der Waals surface area contributed by atoms with Crippen LogP contribution in [0.15, 0.2) is 42.5 Å². The largest absolute Gasteiger partial charge is 0.493 e. The Morgan fingerprint density at radius 1 is 1.06 bits per heavy atom. The first-order chi connectivity index (χ1) is 16.0. The average molecular weight is 454 g/mol. The van der Waals surface area contributed by atoms with Gasteiger partial charge in [0.2, 0.25) is 0 Å². The highest BCUT2D eigenvalue weighted by Gasteiger charge is 2.20. The summed E-state index contributed by atoms with van der Waals surface area (Å²) in [6.45, 7) is 7.81. The van der Waals surface area contributed by atoms with Gasteiger partial charge >= 0.3 is 6.03 Å². The van der Waals surface area contributed by atoms with E-state index in [1.54, 1.807) is 14.2 Å². The number of hydrogen-bond acceptors (Lipinski definition) is 4. The molecule has 0 radical (unpaired) electrons. The maximum Gasteiger partial charge on any atom is 0.322 e. The number of carbonyl (C=O) groups is 1. The van der Waals surface area contributed by atoms with Crippen molar-refractivity contribution in [3.8, 4) is 11.5 Å². The minimum absolute atomic E-state index is 0.0827. The van der Waals surface area contributed by atoms with Crippen LogP contribution in [0.2, 0.25) is 0 Å². The third kappa shape index (κ3) is 7.13. The summed E-state index contributed by atoms with van der Waals surface area (Å²) in [5, 5.41) is 3.08. The number of piperidine rings is 1. The van der Waals surface area contributed by atoms with Crippen LogP contribution in [0.25, 0.3) is 0 Å². The summed E-state index contributed by atoms with van der Waals surface area (Å²) in [5.41, 5.74) is 3.08. The summed E-state index contributed by atoms with van der Waals surface area (Å²) in [5.74, 6) is 1.36. The number of rotatable bonds is 10. The molecule has 1 saturated heterocycles. The summed E-state index contributed by atoms with van der Waals surface area (Å²) in [7, 11) is 3.26. The van der Waals surface area contributed by atoms with Gasteiger partial charge in [-0.1, -0.05) is 31.5 Å². The zero-order valence-electron chi connectivity index (χ0n) is 20.6. The van der Waals surface area contributed by atoms with E-state index in [1.807, 2.05) is 35.2 Å². The number of methoxy groups -OCH3 is 2. The third-order valence-corrected chi connectivity index (χ3v) is 6.54. The Morgan fingerprint density at radius 2 is 1.79 bits per heavy atom. The molecule has 1 aliphatic heterocycles. The van der Waals surface area contributed by atoms with Crippen LogP contribution in [0.4, 0.5) is 10.5 Å². The first-order valence-electron chi connectivity index (χ1n) is 12.1. The van der Waals surface area contributed by atoms with E-state index >= 15 is 0 Å². The van der Waals surface area contributed by atoms with Crippen LogP contribution >= 0.6 is 0 Å². The molecule has 2 aromatic rings. The van der Waals surface area contributed by atoms with Crippen molar-refractivity contribution < 1.29 is 14.3 Å². The van der Waals surface area contributed by atoms with Crippen molar-refractivity contribution in [3.05, 3.63) is 53.6 Å². The zero-order chi connectivity index (χ0) is 23.6. The highest BCUT2D eigenvalue weighted by Crippen LogP contribution is 2.28. The second-order valence-corrected chi connectivity index (χ2v) is 8.83. The smallest absolute Gasteiger partial charge is 0.322 e. The number of nitrogens with zero attached hydrogens (tertiary/aromatic N) is 2. The Balaban J connectivity index is 1.69. The molecule has 1 atom stereocenters. The van der Waals surface area contributed by atoms with Gasteiger partial charge in [-0.2, -0.15) is 0 Å². The molecule has 2 amide bonds. The topological polar surface area (TPSA) is 54.0 Å². The summed E-state index contributed by atoms with van der Waals surface area (Å²) < 4.78 is 10.8. The molecule has 1 aliphatic rings. The Bertz CT molecular complexity index is 885. The van der Waals surface area contributed by atoms with Crippen molar-refractivity contribution in [3.63, 3.8) is 0 Å². The molecule has 6 nitrogen and oxygen atoms in total. The lowest BCUT2D eigenvalue weighted by atomic mass is 10.0. The number of nitrogens with one attached hydrogen (secondary N) is 1. The molecule has 0 saturated carbocycles. The van der Waals surface area contributed by atoms with E-state index < -0.39 is 0 Å². The first kappa shape index (κ1) is 24.9. The number of hydrogen-bond donors (Lipinski definition) is 1. The van der Waals surface area contributed by atoms with Crippen LogP contribution in [0.5, 0.6) is 11.5 Å². The van der Waals surface area contributed by atoms with Gasteiger partial charge < -0.3 is 24.6 Å². The van der Waals surface area contributed by atoms with Crippen LogP contribution in [0.3, 0.4) is 0 Å². The second kappa shape index (κ2) is 12.5. The molecule has 0 aliphatic carbocycles. The summed E-state index contributed by atoms with van der Waals surface area (Å²) in [4.78, 5) is 17.7. The molecule has 1 fully saturated rings. The molecule has 1 N–H and O–H groups in total. The quantitative estimate of drug-likeness (QED) is 0.511. The van der Waals surface area contributed by atoms with Crippen LogP contribution in [0, 0.1) is 0 Å². The van der Waals surface area contributed by atoms with Gasteiger partial charge in [0.05, 0.1) is 14.2 Å². The van der Waals surface area contributed by atoms with Gasteiger partial charge in [-0.3, -0.25) is 0 Å². The van der Waals surface area contributed by atoms with Gasteiger partial charge in [0.15, 0.2) is 11.5 Å². The van der Waals surface area contributed by atoms with E-state index in [0.717, 1.165) is 37.2 Å². The number of benzene rings is 2. The fourth-order valence-corrected chi connectivity index (χ4v) is 4.43. The van der Waals surface area contributed by atoms with Gasteiger partial charge in [-0.15, -0.1) is 0 Å². The Kier molecular flexibility index (Phi) is 9.43. The van der Waals surface area contributed by atoms with Crippen LogP contribution in [-0.2, 0) is 13.0 Å². The molecule has 2 aromatic carbocycles. The van der Waals surface area contributed by atoms with E-state index in [1.165, 1.54) is 24.8 Å². The molecule has 33 heavy (non-hydrogen) atoms. The lowest BCUT2D eigenvalue weighted by Gasteiger charge is -2.34. The lowest BCUT2D eigenvalue weighted by molar-refractivity contribution is 0.150. The third-order valence-electron chi connectivity index (χ3n) is 6.54. The van der Waals surface area contributed by atoms with Crippen molar-refractivity contribution in [2.75, 3.05) is 39.2 Å². The first-order valence-corrected chi connectivity index (χ1v) is 12.1. The molecule has 180 valence electrons. The van der Waals surface area contributed by atoms with Crippen LogP contribution in [-0.4, -0.2) is 55.7 Å². The van der Waals surface area contributed by atoms with E-state index in [0.29, 0.717) is 30.6 Å². The average Bonchev–Trinajstić information content (AvgIpc) is 2.84. The standard InChI is InChI=1S/C27H39N3O3/c1-5-22-10-13-24(14-11-22)28-27(31)30(18-8-17-29-16-7-6-9-21(29)2)20-23-12-15-25(32-3)26(19-23)33-4/h10-15,19,21H,5-9,16-18,20H2,1-4H3,(H,28,31). The molecule has 3 rings (SSSR count). The minimum atomic E-state index is -0.0827. The van der Waals surface area contributed by atoms with Crippen molar-refractivity contribution in [1.29, 1.82) is 0 Å². The van der Waals surface area contributed by atoms with Gasteiger partial charge in [0.25, 0.3) is 0 Å². The van der Waals surface area contributed by atoms with Crippen molar-refractivity contribution in [2.24, 2.45) is 0 Å². The number of anilines is 1. The monoisotopic (exact) mass is 453 g/mol. The highest BCUT2D eigenvalue weighted by atomic mass is 16.5. The number of aryl methyl sites for hydroxylation is 1. The van der Waals surface area contributed by atoms with Crippen molar-refractivity contribution in [1.82, 2.24) is 9.80 Å². The zero-order valence-corrected chi connectivity index (χ0v) is 20.6. The Hall–Kier alpha value is -2.73. The number of ether oxygens (including phenoxy) is 2. The summed E-state index contributed by atoms with van der Waals surface area (Å²) >= 11 is 0. The Labute approximate surface area is 198 Å². The van der Waals surface area contributed by atoms with Crippen molar-refractivity contribution in [2.45, 2.75) is 58.5 Å². The van der Waals surface area contributed by atoms with E-state index in [4.69, 9.17) is 9.47 Å². The predicted octanol–water partition coefficient (Wildman–Crippen LogP) is 5.56. The molecule has 0 bridgehead atoms. The molecule has 1 unspecified atom stereocenters. The molecule has 0 spiro atoms. The molecule has 0 aromatic heterocycles. The maximum absolute atomic E-state index is 13.2. The SMILES string of the molecule is CCc1ccc(NC(=O)N(CCCN2CCCCC2C)Cc2ccc(OC)c(OC)c2)cc1. The van der Waals surface area contributed by atoms with Gasteiger partial charge in [-0.25, -0.2) is 4.79 Å². The fourth-order valence-electron chi connectivity index (χ4n) is 4.43. The summed E-state index contributed by atoms with van der Waals surface area (Å²) in [6.07, 6.45) is 5.79. The number of urea groups is 1. The summed E-state index contributed by atoms with van der Waals surface area (Å²) in [6, 6.07) is 14.4. The normalized spacial score (nSPS) is 16.3. The fraction of sp³-hybridized carbons (Fsp3) is 0.519. The molecular formula is C27H39N3O3.